The van der Waals surface area contributed by atoms with Crippen LogP contribution < -0.4 is 0 Å². The van der Waals surface area contributed by atoms with Crippen LogP contribution >= 0.6 is 11.6 Å². The van der Waals surface area contributed by atoms with Crippen molar-refractivity contribution in [2.75, 3.05) is 6.61 Å². The first-order valence-corrected chi connectivity index (χ1v) is 5.94. The van der Waals surface area contributed by atoms with Crippen LogP contribution in [0.2, 0.25) is 5.02 Å². The molecular weight excluding hydrogens is 224 g/mol. The maximum absolute atomic E-state index is 5.93. The molecule has 1 saturated heterocycles. The molecule has 1 atom stereocenters. The third-order valence-corrected chi connectivity index (χ3v) is 3.24. The van der Waals surface area contributed by atoms with Gasteiger partial charge < -0.3 is 9.14 Å². The van der Waals surface area contributed by atoms with Gasteiger partial charge in [-0.15, -0.1) is 0 Å². The van der Waals surface area contributed by atoms with Gasteiger partial charge in [-0.25, -0.2) is 4.98 Å². The quantitative estimate of drug-likeness (QED) is 0.802. The van der Waals surface area contributed by atoms with Gasteiger partial charge >= 0.3 is 0 Å². The first-order chi connectivity index (χ1) is 7.83. The van der Waals surface area contributed by atoms with Crippen LogP contribution in [0.25, 0.3) is 5.52 Å². The molecule has 0 N–H and O–H groups in total. The molecular formula is C12H13ClN2O. The van der Waals surface area contributed by atoms with E-state index in [0.29, 0.717) is 6.10 Å². The Morgan fingerprint density at radius 3 is 3.31 bits per heavy atom. The molecule has 1 fully saturated rings. The van der Waals surface area contributed by atoms with Crippen molar-refractivity contribution in [1.82, 2.24) is 9.38 Å². The maximum atomic E-state index is 5.93. The molecule has 16 heavy (non-hydrogen) atoms. The minimum Gasteiger partial charge on any atom is -0.378 e. The van der Waals surface area contributed by atoms with Gasteiger partial charge in [0.25, 0.3) is 0 Å². The van der Waals surface area contributed by atoms with Crippen LogP contribution in [0.3, 0.4) is 0 Å². The molecule has 2 aromatic heterocycles. The molecule has 0 radical (unpaired) electrons. The second-order valence-electron chi connectivity index (χ2n) is 4.15. The fourth-order valence-corrected chi connectivity index (χ4v) is 2.36. The first kappa shape index (κ1) is 10.1. The van der Waals surface area contributed by atoms with Gasteiger partial charge in [0.1, 0.15) is 5.82 Å². The highest BCUT2D eigenvalue weighted by atomic mass is 35.5. The Hall–Kier alpha value is -1.06. The summed E-state index contributed by atoms with van der Waals surface area (Å²) >= 11 is 5.93. The van der Waals surface area contributed by atoms with Gasteiger partial charge in [-0.3, -0.25) is 0 Å². The highest BCUT2D eigenvalue weighted by Gasteiger charge is 2.18. The van der Waals surface area contributed by atoms with Crippen LogP contribution in [0.1, 0.15) is 18.7 Å². The number of aromatic nitrogens is 2. The summed E-state index contributed by atoms with van der Waals surface area (Å²) in [6.45, 7) is 0.889. The lowest BCUT2D eigenvalue weighted by Crippen LogP contribution is -2.11. The lowest BCUT2D eigenvalue weighted by molar-refractivity contribution is 0.110. The molecule has 0 aliphatic carbocycles. The third-order valence-electron chi connectivity index (χ3n) is 3.00. The minimum atomic E-state index is 0.335. The zero-order chi connectivity index (χ0) is 11.0. The summed E-state index contributed by atoms with van der Waals surface area (Å²) in [7, 11) is 0. The number of pyridine rings is 1. The van der Waals surface area contributed by atoms with E-state index in [0.717, 1.165) is 35.8 Å². The van der Waals surface area contributed by atoms with Crippen LogP contribution in [0.5, 0.6) is 0 Å². The van der Waals surface area contributed by atoms with Crippen molar-refractivity contribution >= 4 is 17.1 Å². The molecule has 3 heterocycles. The zero-order valence-corrected chi connectivity index (χ0v) is 9.65. The van der Waals surface area contributed by atoms with Crippen molar-refractivity contribution in [2.24, 2.45) is 0 Å². The van der Waals surface area contributed by atoms with E-state index < -0.39 is 0 Å². The lowest BCUT2D eigenvalue weighted by Gasteiger charge is -2.08. The van der Waals surface area contributed by atoms with E-state index in [1.54, 1.807) is 0 Å². The first-order valence-electron chi connectivity index (χ1n) is 5.56. The van der Waals surface area contributed by atoms with Crippen molar-refractivity contribution < 1.29 is 4.74 Å². The number of ether oxygens (including phenoxy) is 1. The van der Waals surface area contributed by atoms with Gasteiger partial charge in [-0.1, -0.05) is 11.6 Å². The fourth-order valence-electron chi connectivity index (χ4n) is 2.19. The Labute approximate surface area is 99.0 Å². The number of hydrogen-bond acceptors (Lipinski definition) is 2. The standard InChI is InChI=1S/C12H13ClN2O/c13-9-3-4-15-10(6-9)8-14-12(15)7-11-2-1-5-16-11/h3-4,6,8,11H,1-2,5,7H2. The van der Waals surface area contributed by atoms with E-state index in [4.69, 9.17) is 16.3 Å². The van der Waals surface area contributed by atoms with E-state index in [2.05, 4.69) is 9.38 Å². The van der Waals surface area contributed by atoms with Crippen LogP contribution in [0.15, 0.2) is 24.5 Å². The molecule has 1 unspecified atom stereocenters. The topological polar surface area (TPSA) is 26.5 Å². The van der Waals surface area contributed by atoms with Gasteiger partial charge in [-0.2, -0.15) is 0 Å². The fraction of sp³-hybridized carbons (Fsp3) is 0.417. The molecule has 0 saturated carbocycles. The summed E-state index contributed by atoms with van der Waals surface area (Å²) < 4.78 is 7.70. The zero-order valence-electron chi connectivity index (χ0n) is 8.90. The Kier molecular flexibility index (Phi) is 2.58. The predicted molar refractivity (Wildman–Crippen MR) is 62.9 cm³/mol. The van der Waals surface area contributed by atoms with Gasteiger partial charge in [0.15, 0.2) is 0 Å². The van der Waals surface area contributed by atoms with E-state index in [1.807, 2.05) is 24.5 Å². The number of imidazole rings is 1. The highest BCUT2D eigenvalue weighted by molar-refractivity contribution is 6.30. The average Bonchev–Trinajstić information content (AvgIpc) is 2.89. The van der Waals surface area contributed by atoms with Crippen molar-refractivity contribution in [1.29, 1.82) is 0 Å². The van der Waals surface area contributed by atoms with Gasteiger partial charge in [-0.05, 0) is 25.0 Å². The molecule has 0 amide bonds. The van der Waals surface area contributed by atoms with Crippen molar-refractivity contribution in [3.8, 4) is 0 Å². The normalized spacial score (nSPS) is 20.7. The molecule has 3 rings (SSSR count). The Balaban J connectivity index is 1.91. The Morgan fingerprint density at radius 1 is 1.56 bits per heavy atom. The van der Waals surface area contributed by atoms with Crippen LogP contribution in [-0.4, -0.2) is 22.1 Å². The SMILES string of the molecule is Clc1ccn2c(CC3CCCO3)ncc2c1. The summed E-state index contributed by atoms with van der Waals surface area (Å²) in [6.07, 6.45) is 7.35. The second-order valence-corrected chi connectivity index (χ2v) is 4.59. The third kappa shape index (κ3) is 1.81. The van der Waals surface area contributed by atoms with Gasteiger partial charge in [0, 0.05) is 24.2 Å². The van der Waals surface area contributed by atoms with E-state index in [-0.39, 0.29) is 0 Å². The molecule has 3 nitrogen and oxygen atoms in total. The number of fused-ring (bicyclic) bond motifs is 1. The number of nitrogens with zero attached hydrogens (tertiary/aromatic N) is 2. The molecule has 84 valence electrons. The molecule has 0 spiro atoms. The second kappa shape index (κ2) is 4.07. The smallest absolute Gasteiger partial charge is 0.115 e. The van der Waals surface area contributed by atoms with Crippen LogP contribution in [0.4, 0.5) is 0 Å². The van der Waals surface area contributed by atoms with E-state index in [9.17, 15) is 0 Å². The van der Waals surface area contributed by atoms with Crippen LogP contribution in [-0.2, 0) is 11.2 Å². The number of halogens is 1. The molecule has 1 aliphatic rings. The summed E-state index contributed by atoms with van der Waals surface area (Å²) in [5.41, 5.74) is 1.04. The summed E-state index contributed by atoms with van der Waals surface area (Å²) in [6, 6.07) is 3.81. The maximum Gasteiger partial charge on any atom is 0.115 e. The van der Waals surface area contributed by atoms with Gasteiger partial charge in [0.05, 0.1) is 17.8 Å². The van der Waals surface area contributed by atoms with Crippen LogP contribution in [0, 0.1) is 0 Å². The van der Waals surface area contributed by atoms with Crippen molar-refractivity contribution in [3.05, 3.63) is 35.4 Å². The van der Waals surface area contributed by atoms with Crippen molar-refractivity contribution in [3.63, 3.8) is 0 Å². The summed E-state index contributed by atoms with van der Waals surface area (Å²) in [4.78, 5) is 4.42. The Morgan fingerprint density at radius 2 is 2.50 bits per heavy atom. The molecule has 4 heteroatoms. The molecule has 0 aromatic carbocycles. The predicted octanol–water partition coefficient (Wildman–Crippen LogP) is 2.71. The molecule has 1 aliphatic heterocycles. The molecule has 2 aromatic rings. The van der Waals surface area contributed by atoms with Gasteiger partial charge in [0.2, 0.25) is 0 Å². The summed E-state index contributed by atoms with van der Waals surface area (Å²) in [5.74, 6) is 1.05. The highest BCUT2D eigenvalue weighted by Crippen LogP contribution is 2.19. The largest absolute Gasteiger partial charge is 0.378 e. The minimum absolute atomic E-state index is 0.335. The monoisotopic (exact) mass is 236 g/mol. The summed E-state index contributed by atoms with van der Waals surface area (Å²) in [5, 5.41) is 0.746. The van der Waals surface area contributed by atoms with Crippen molar-refractivity contribution in [2.45, 2.75) is 25.4 Å². The molecule has 0 bridgehead atoms. The Bertz CT molecular complexity index is 503. The van der Waals surface area contributed by atoms with E-state index >= 15 is 0 Å². The number of rotatable bonds is 2. The van der Waals surface area contributed by atoms with E-state index in [1.165, 1.54) is 6.42 Å². The number of hydrogen-bond donors (Lipinski definition) is 0. The average molecular weight is 237 g/mol. The lowest BCUT2D eigenvalue weighted by atomic mass is 10.2.